The van der Waals surface area contributed by atoms with E-state index in [4.69, 9.17) is 27.3 Å². The molecule has 1 aliphatic heterocycles. The van der Waals surface area contributed by atoms with Gasteiger partial charge >= 0.3 is 0 Å². The van der Waals surface area contributed by atoms with Crippen LogP contribution in [0.5, 0.6) is 5.75 Å². The highest BCUT2D eigenvalue weighted by Crippen LogP contribution is 2.27. The van der Waals surface area contributed by atoms with Gasteiger partial charge in [-0.25, -0.2) is 4.98 Å². The Bertz CT molecular complexity index is 1120. The summed E-state index contributed by atoms with van der Waals surface area (Å²) in [5.41, 5.74) is 22.1. The lowest BCUT2D eigenvalue weighted by atomic mass is 10.0. The van der Waals surface area contributed by atoms with E-state index in [1.807, 2.05) is 6.92 Å². The van der Waals surface area contributed by atoms with Crippen LogP contribution in [0.15, 0.2) is 53.5 Å². The van der Waals surface area contributed by atoms with E-state index < -0.39 is 0 Å². The molecule has 0 spiro atoms. The molecule has 1 aromatic heterocycles. The number of rotatable bonds is 7. The second-order valence-corrected chi connectivity index (χ2v) is 7.83. The van der Waals surface area contributed by atoms with Crippen molar-refractivity contribution in [3.8, 4) is 11.8 Å². The summed E-state index contributed by atoms with van der Waals surface area (Å²) < 4.78 is 5.90. The molecule has 1 saturated heterocycles. The quantitative estimate of drug-likeness (QED) is 0.299. The molecule has 0 atom stereocenters. The third kappa shape index (κ3) is 4.83. The van der Waals surface area contributed by atoms with E-state index in [1.54, 1.807) is 37.4 Å². The smallest absolute Gasteiger partial charge is 0.146 e. The molecule has 0 unspecified atom stereocenters. The number of nitrogens with one attached hydrogen (secondary N) is 1. The molecule has 1 aliphatic rings. The van der Waals surface area contributed by atoms with Crippen molar-refractivity contribution in [2.75, 3.05) is 30.3 Å². The first-order valence-electron chi connectivity index (χ1n) is 10.5. The first-order valence-corrected chi connectivity index (χ1v) is 10.5. The molecule has 0 bridgehead atoms. The summed E-state index contributed by atoms with van der Waals surface area (Å²) in [6, 6.07) is 9.06. The van der Waals surface area contributed by atoms with E-state index in [0.717, 1.165) is 37.1 Å². The van der Waals surface area contributed by atoms with Crippen molar-refractivity contribution in [1.82, 2.24) is 4.98 Å². The highest BCUT2D eigenvalue weighted by Gasteiger charge is 2.19. The number of allylic oxidation sites excluding steroid dienone is 1. The molecule has 2 aromatic rings. The lowest BCUT2D eigenvalue weighted by Crippen LogP contribution is -2.20. The average Bonchev–Trinajstić information content (AvgIpc) is 3.33. The molecule has 3 rings (SSSR count). The molecule has 8 heteroatoms. The first-order chi connectivity index (χ1) is 15.3. The molecular formula is C24H29N7O. The van der Waals surface area contributed by atoms with Gasteiger partial charge in [0.15, 0.2) is 0 Å². The average molecular weight is 432 g/mol. The normalized spacial score (nSPS) is 14.7. The van der Waals surface area contributed by atoms with Crippen LogP contribution in [0.2, 0.25) is 0 Å². The summed E-state index contributed by atoms with van der Waals surface area (Å²) in [7, 11) is 0. The number of nitrogens with two attached hydrogens (primary N) is 3. The Morgan fingerprint density at radius 3 is 2.62 bits per heavy atom. The number of hydrogen-bond donors (Lipinski definition) is 4. The van der Waals surface area contributed by atoms with Gasteiger partial charge in [0.25, 0.3) is 0 Å². The maximum atomic E-state index is 9.63. The second-order valence-electron chi connectivity index (χ2n) is 7.83. The zero-order valence-electron chi connectivity index (χ0n) is 18.5. The van der Waals surface area contributed by atoms with Crippen LogP contribution < -0.4 is 26.8 Å². The molecule has 0 saturated carbocycles. The van der Waals surface area contributed by atoms with Gasteiger partial charge in [0.05, 0.1) is 11.3 Å². The third-order valence-electron chi connectivity index (χ3n) is 5.56. The van der Waals surface area contributed by atoms with Crippen LogP contribution >= 0.6 is 0 Å². The second kappa shape index (κ2) is 9.88. The number of nitriles is 1. The van der Waals surface area contributed by atoms with Crippen molar-refractivity contribution in [2.24, 2.45) is 11.5 Å². The number of anilines is 2. The Balaban J connectivity index is 1.86. The minimum Gasteiger partial charge on any atom is -0.489 e. The molecule has 166 valence electrons. The van der Waals surface area contributed by atoms with Crippen molar-refractivity contribution < 1.29 is 4.74 Å². The molecule has 1 aromatic carbocycles. The van der Waals surface area contributed by atoms with Crippen LogP contribution in [0, 0.1) is 16.7 Å². The van der Waals surface area contributed by atoms with Gasteiger partial charge in [0, 0.05) is 47.4 Å². The van der Waals surface area contributed by atoms with Crippen molar-refractivity contribution in [3.63, 3.8) is 0 Å². The van der Waals surface area contributed by atoms with E-state index in [-0.39, 0.29) is 12.3 Å². The van der Waals surface area contributed by atoms with Crippen LogP contribution in [0.1, 0.15) is 43.4 Å². The summed E-state index contributed by atoms with van der Waals surface area (Å²) in [4.78, 5) is 6.60. The summed E-state index contributed by atoms with van der Waals surface area (Å²) in [6.45, 7) is 5.68. The van der Waals surface area contributed by atoms with E-state index in [1.165, 1.54) is 6.20 Å². The number of nitrogen functional groups attached to an aromatic ring is 1. The molecule has 0 radical (unpaired) electrons. The van der Waals surface area contributed by atoms with E-state index >= 15 is 0 Å². The summed E-state index contributed by atoms with van der Waals surface area (Å²) >= 11 is 0. The Kier molecular flexibility index (Phi) is 7.00. The van der Waals surface area contributed by atoms with Crippen molar-refractivity contribution in [2.45, 2.75) is 26.7 Å². The molecule has 7 N–H and O–H groups in total. The Hall–Kier alpha value is -3.99. The monoisotopic (exact) mass is 431 g/mol. The van der Waals surface area contributed by atoms with Gasteiger partial charge in [-0.05, 0) is 62.7 Å². The minimum absolute atomic E-state index is 0.175. The molecule has 1 fully saturated rings. The first kappa shape index (κ1) is 22.7. The highest BCUT2D eigenvalue weighted by molar-refractivity contribution is 6.14. The lowest BCUT2D eigenvalue weighted by Gasteiger charge is -2.18. The van der Waals surface area contributed by atoms with Crippen LogP contribution in [-0.2, 0) is 0 Å². The molecule has 0 amide bonds. The topological polar surface area (TPSA) is 151 Å². The van der Waals surface area contributed by atoms with Gasteiger partial charge in [-0.1, -0.05) is 0 Å². The molecule has 8 nitrogen and oxygen atoms in total. The molecule has 0 aliphatic carbocycles. The number of nitrogens with zero attached hydrogens (tertiary/aromatic N) is 3. The Morgan fingerprint density at radius 2 is 2.00 bits per heavy atom. The maximum Gasteiger partial charge on any atom is 0.146 e. The summed E-state index contributed by atoms with van der Waals surface area (Å²) in [5.74, 6) is 1.22. The SMILES string of the molecule is CC(=C/N)/C(COc1ccc(N)c(C(=N)c2cnc(N3CCCC3)c(C#N)c2)c1)=C(/C)N. The Labute approximate surface area is 188 Å². The van der Waals surface area contributed by atoms with Crippen LogP contribution in [0.25, 0.3) is 0 Å². The number of benzene rings is 1. The third-order valence-corrected chi connectivity index (χ3v) is 5.56. The minimum atomic E-state index is 0.175. The fourth-order valence-corrected chi connectivity index (χ4v) is 3.65. The van der Waals surface area contributed by atoms with Crippen molar-refractivity contribution >= 4 is 17.2 Å². The van der Waals surface area contributed by atoms with Gasteiger partial charge in [-0.3, -0.25) is 5.41 Å². The van der Waals surface area contributed by atoms with E-state index in [9.17, 15) is 5.26 Å². The van der Waals surface area contributed by atoms with Crippen molar-refractivity contribution in [3.05, 3.63) is 70.2 Å². The summed E-state index contributed by atoms with van der Waals surface area (Å²) in [6.07, 6.45) is 5.30. The summed E-state index contributed by atoms with van der Waals surface area (Å²) in [5, 5.41) is 18.3. The fraction of sp³-hybridized carbons (Fsp3) is 0.292. The van der Waals surface area contributed by atoms with E-state index in [2.05, 4.69) is 16.0 Å². The predicted octanol–water partition coefficient (Wildman–Crippen LogP) is 3.03. The maximum absolute atomic E-state index is 9.63. The zero-order chi connectivity index (χ0) is 23.3. The molecule has 2 heterocycles. The van der Waals surface area contributed by atoms with Crippen LogP contribution in [0.3, 0.4) is 0 Å². The number of aromatic nitrogens is 1. The zero-order valence-corrected chi connectivity index (χ0v) is 18.5. The predicted molar refractivity (Wildman–Crippen MR) is 128 cm³/mol. The number of ether oxygens (including phenoxy) is 1. The van der Waals surface area contributed by atoms with E-state index in [0.29, 0.717) is 39.6 Å². The fourth-order valence-electron chi connectivity index (χ4n) is 3.65. The van der Waals surface area contributed by atoms with Gasteiger partial charge < -0.3 is 26.8 Å². The van der Waals surface area contributed by atoms with Crippen LogP contribution in [0.4, 0.5) is 11.5 Å². The number of hydrogen-bond acceptors (Lipinski definition) is 8. The lowest BCUT2D eigenvalue weighted by molar-refractivity contribution is 0.352. The van der Waals surface area contributed by atoms with Gasteiger partial charge in [0.2, 0.25) is 0 Å². The molecule has 32 heavy (non-hydrogen) atoms. The van der Waals surface area contributed by atoms with Crippen LogP contribution in [-0.4, -0.2) is 30.4 Å². The molecular weight excluding hydrogens is 402 g/mol. The van der Waals surface area contributed by atoms with Gasteiger partial charge in [-0.2, -0.15) is 5.26 Å². The van der Waals surface area contributed by atoms with Crippen molar-refractivity contribution in [1.29, 1.82) is 10.7 Å². The number of pyridine rings is 1. The highest BCUT2D eigenvalue weighted by atomic mass is 16.5. The van der Waals surface area contributed by atoms with Gasteiger partial charge in [0.1, 0.15) is 24.2 Å². The standard InChI is InChI=1S/C24H29N7O/c1-15(11-25)21(16(2)27)14-32-19-5-6-22(28)20(10-19)23(29)18-9-17(12-26)24(30-13-18)31-7-3-4-8-31/h5-6,9-11,13,29H,3-4,7-8,14,25,27-28H2,1-2H3/b15-11-,21-16-,29-23?. The largest absolute Gasteiger partial charge is 0.489 e. The Morgan fingerprint density at radius 1 is 1.28 bits per heavy atom. The van der Waals surface area contributed by atoms with Gasteiger partial charge in [-0.15, -0.1) is 0 Å².